The Morgan fingerprint density at radius 3 is 2.35 bits per heavy atom. The highest BCUT2D eigenvalue weighted by Crippen LogP contribution is 2.31. The summed E-state index contributed by atoms with van der Waals surface area (Å²) in [6, 6.07) is 12.0. The van der Waals surface area contributed by atoms with E-state index in [-0.39, 0.29) is 5.56 Å². The number of hydrogen-bond donors (Lipinski definition) is 1. The van der Waals surface area contributed by atoms with Gasteiger partial charge in [0.05, 0.1) is 22.5 Å². The monoisotopic (exact) mass is 298 g/mol. The zero-order valence-electron chi connectivity index (χ0n) is 10.2. The lowest BCUT2D eigenvalue weighted by atomic mass is 10.1. The summed E-state index contributed by atoms with van der Waals surface area (Å²) in [6.45, 7) is 0. The second-order valence-corrected chi connectivity index (χ2v) is 4.34. The summed E-state index contributed by atoms with van der Waals surface area (Å²) in [5.74, 6) is 0. The van der Waals surface area contributed by atoms with Crippen molar-refractivity contribution in [3.05, 3.63) is 64.7 Å². The molecule has 0 aliphatic carbocycles. The highest BCUT2D eigenvalue weighted by Gasteiger charge is 2.32. The third-order valence-electron chi connectivity index (χ3n) is 2.53. The fraction of sp³-hybridized carbons (Fsp3) is 0.0714. The van der Waals surface area contributed by atoms with E-state index < -0.39 is 11.7 Å². The van der Waals surface area contributed by atoms with Gasteiger partial charge in [0.1, 0.15) is 0 Å². The summed E-state index contributed by atoms with van der Waals surface area (Å²) >= 11 is 5.89. The van der Waals surface area contributed by atoms with E-state index in [0.29, 0.717) is 10.7 Å². The van der Waals surface area contributed by atoms with Crippen molar-refractivity contribution in [3.8, 4) is 0 Å². The fourth-order valence-corrected chi connectivity index (χ4v) is 1.77. The van der Waals surface area contributed by atoms with E-state index in [4.69, 9.17) is 11.6 Å². The molecule has 0 saturated heterocycles. The number of alkyl halides is 3. The van der Waals surface area contributed by atoms with Gasteiger partial charge >= 0.3 is 6.18 Å². The smallest absolute Gasteiger partial charge is 0.277 e. The van der Waals surface area contributed by atoms with Gasteiger partial charge in [-0.2, -0.15) is 18.3 Å². The largest absolute Gasteiger partial charge is 0.417 e. The highest BCUT2D eigenvalue weighted by atomic mass is 35.5. The molecule has 0 amide bonds. The van der Waals surface area contributed by atoms with Crippen LogP contribution in [0.25, 0.3) is 0 Å². The topological polar surface area (TPSA) is 24.4 Å². The predicted octanol–water partition coefficient (Wildman–Crippen LogP) is 4.80. The van der Waals surface area contributed by atoms with Crippen LogP contribution in [0.3, 0.4) is 0 Å². The van der Waals surface area contributed by atoms with Crippen LogP contribution in [0.5, 0.6) is 0 Å². The number of para-hydroxylation sites is 1. The van der Waals surface area contributed by atoms with Gasteiger partial charge in [0.25, 0.3) is 0 Å². The highest BCUT2D eigenvalue weighted by molar-refractivity contribution is 6.33. The number of hydrogen-bond acceptors (Lipinski definition) is 2. The van der Waals surface area contributed by atoms with E-state index in [1.54, 1.807) is 24.3 Å². The first-order valence-corrected chi connectivity index (χ1v) is 6.06. The number of benzene rings is 2. The molecule has 2 aromatic carbocycles. The van der Waals surface area contributed by atoms with Gasteiger partial charge < -0.3 is 0 Å². The maximum Gasteiger partial charge on any atom is 0.417 e. The summed E-state index contributed by atoms with van der Waals surface area (Å²) in [5.41, 5.74) is 2.39. The first kappa shape index (κ1) is 14.4. The number of halogens is 4. The van der Waals surface area contributed by atoms with E-state index in [9.17, 15) is 13.2 Å². The lowest BCUT2D eigenvalue weighted by Gasteiger charge is -2.09. The SMILES string of the molecule is FC(F)(F)c1ccccc1/C=N/Nc1ccccc1Cl. The molecule has 0 saturated carbocycles. The van der Waals surface area contributed by atoms with Crippen LogP contribution in [-0.4, -0.2) is 6.21 Å². The van der Waals surface area contributed by atoms with Gasteiger partial charge in [-0.3, -0.25) is 5.43 Å². The van der Waals surface area contributed by atoms with E-state index in [0.717, 1.165) is 12.3 Å². The second-order valence-electron chi connectivity index (χ2n) is 3.93. The molecule has 0 radical (unpaired) electrons. The standard InChI is InChI=1S/C14H10ClF3N2/c15-12-7-3-4-8-13(12)20-19-9-10-5-1-2-6-11(10)14(16,17)18/h1-9,20H/b19-9+. The van der Waals surface area contributed by atoms with Crippen molar-refractivity contribution in [2.45, 2.75) is 6.18 Å². The van der Waals surface area contributed by atoms with Crippen LogP contribution in [0, 0.1) is 0 Å². The molecule has 1 N–H and O–H groups in total. The molecule has 2 nitrogen and oxygen atoms in total. The lowest BCUT2D eigenvalue weighted by Crippen LogP contribution is -2.08. The maximum atomic E-state index is 12.8. The average molecular weight is 299 g/mol. The lowest BCUT2D eigenvalue weighted by molar-refractivity contribution is -0.137. The van der Waals surface area contributed by atoms with Gasteiger partial charge in [0.2, 0.25) is 0 Å². The Labute approximate surface area is 118 Å². The first-order chi connectivity index (χ1) is 9.48. The minimum atomic E-state index is -4.41. The molecule has 0 unspecified atom stereocenters. The minimum Gasteiger partial charge on any atom is -0.277 e. The van der Waals surface area contributed by atoms with Crippen molar-refractivity contribution in [2.75, 3.05) is 5.43 Å². The molecule has 0 heterocycles. The summed E-state index contributed by atoms with van der Waals surface area (Å²) in [7, 11) is 0. The average Bonchev–Trinajstić information content (AvgIpc) is 2.40. The van der Waals surface area contributed by atoms with Crippen LogP contribution < -0.4 is 5.43 Å². The Morgan fingerprint density at radius 2 is 1.65 bits per heavy atom. The van der Waals surface area contributed by atoms with E-state index in [1.807, 2.05) is 0 Å². The van der Waals surface area contributed by atoms with Crippen molar-refractivity contribution in [1.82, 2.24) is 0 Å². The molecular weight excluding hydrogens is 289 g/mol. The quantitative estimate of drug-likeness (QED) is 0.638. The third-order valence-corrected chi connectivity index (χ3v) is 2.86. The van der Waals surface area contributed by atoms with Crippen LogP contribution in [-0.2, 0) is 6.18 Å². The van der Waals surface area contributed by atoms with Crippen LogP contribution in [0.15, 0.2) is 53.6 Å². The van der Waals surface area contributed by atoms with E-state index >= 15 is 0 Å². The summed E-state index contributed by atoms with van der Waals surface area (Å²) in [5, 5.41) is 4.23. The van der Waals surface area contributed by atoms with Crippen molar-refractivity contribution >= 4 is 23.5 Å². The maximum absolute atomic E-state index is 12.8. The summed E-state index contributed by atoms with van der Waals surface area (Å²) in [6.07, 6.45) is -3.29. The Kier molecular flexibility index (Phi) is 4.29. The van der Waals surface area contributed by atoms with Gasteiger partial charge in [-0.25, -0.2) is 0 Å². The Hall–Kier alpha value is -2.01. The van der Waals surface area contributed by atoms with E-state index in [1.165, 1.54) is 18.2 Å². The van der Waals surface area contributed by atoms with Gasteiger partial charge in [-0.1, -0.05) is 41.9 Å². The molecule has 0 bridgehead atoms. The van der Waals surface area contributed by atoms with Crippen molar-refractivity contribution in [3.63, 3.8) is 0 Å². The normalized spacial score (nSPS) is 11.8. The molecule has 104 valence electrons. The molecule has 0 atom stereocenters. The first-order valence-electron chi connectivity index (χ1n) is 5.68. The van der Waals surface area contributed by atoms with Crippen molar-refractivity contribution in [2.24, 2.45) is 5.10 Å². The molecule has 2 rings (SSSR count). The van der Waals surface area contributed by atoms with Gasteiger partial charge in [-0.15, -0.1) is 0 Å². The molecule has 0 aliphatic heterocycles. The van der Waals surface area contributed by atoms with Gasteiger partial charge in [0.15, 0.2) is 0 Å². The van der Waals surface area contributed by atoms with Crippen LogP contribution >= 0.6 is 11.6 Å². The van der Waals surface area contributed by atoms with E-state index in [2.05, 4.69) is 10.5 Å². The molecular formula is C14H10ClF3N2. The number of nitrogens with zero attached hydrogens (tertiary/aromatic N) is 1. The zero-order valence-corrected chi connectivity index (χ0v) is 10.9. The summed E-state index contributed by atoms with van der Waals surface area (Å²) < 4.78 is 38.3. The molecule has 0 fully saturated rings. The number of rotatable bonds is 3. The molecule has 0 aliphatic rings. The molecule has 2 aromatic rings. The number of anilines is 1. The van der Waals surface area contributed by atoms with Crippen LogP contribution in [0.2, 0.25) is 5.02 Å². The van der Waals surface area contributed by atoms with Gasteiger partial charge in [0, 0.05) is 5.56 Å². The Bertz CT molecular complexity index is 624. The second kappa shape index (κ2) is 5.96. The van der Waals surface area contributed by atoms with Crippen molar-refractivity contribution < 1.29 is 13.2 Å². The Morgan fingerprint density at radius 1 is 1.00 bits per heavy atom. The van der Waals surface area contributed by atoms with Gasteiger partial charge in [-0.05, 0) is 18.2 Å². The number of hydrazone groups is 1. The summed E-state index contributed by atoms with van der Waals surface area (Å²) in [4.78, 5) is 0. The number of nitrogens with one attached hydrogen (secondary N) is 1. The minimum absolute atomic E-state index is 0.0143. The molecule has 0 aromatic heterocycles. The molecule has 0 spiro atoms. The zero-order chi connectivity index (χ0) is 14.6. The van der Waals surface area contributed by atoms with Crippen molar-refractivity contribution in [1.29, 1.82) is 0 Å². The predicted molar refractivity (Wildman–Crippen MR) is 74.1 cm³/mol. The molecule has 20 heavy (non-hydrogen) atoms. The molecule has 6 heteroatoms. The third kappa shape index (κ3) is 3.51. The Balaban J connectivity index is 2.19. The van der Waals surface area contributed by atoms with Crippen LogP contribution in [0.4, 0.5) is 18.9 Å². The fourth-order valence-electron chi connectivity index (χ4n) is 1.59. The van der Waals surface area contributed by atoms with Crippen LogP contribution in [0.1, 0.15) is 11.1 Å².